The maximum atomic E-state index is 9.07. The molecule has 0 aliphatic rings. The number of halogens is 2. The lowest BCUT2D eigenvalue weighted by Crippen LogP contribution is -1.80. The number of hydrogen-bond donors (Lipinski definition) is 1. The Bertz CT molecular complexity index is 452. The zero-order valence-electron chi connectivity index (χ0n) is 6.55. The Labute approximate surface area is 102 Å². The van der Waals surface area contributed by atoms with Crippen molar-refractivity contribution in [1.82, 2.24) is 0 Å². The van der Waals surface area contributed by atoms with Gasteiger partial charge >= 0.3 is 0 Å². The van der Waals surface area contributed by atoms with Crippen LogP contribution < -0.4 is 0 Å². The zero-order chi connectivity index (χ0) is 9.42. The molecule has 2 rings (SSSR count). The molecule has 0 atom stereocenters. The molecule has 0 aliphatic heterocycles. The topological polar surface area (TPSA) is 20.2 Å². The van der Waals surface area contributed by atoms with E-state index in [1.165, 1.54) is 8.27 Å². The van der Waals surface area contributed by atoms with Crippen LogP contribution in [0.5, 0.6) is 0 Å². The van der Waals surface area contributed by atoms with E-state index in [4.69, 9.17) is 5.11 Å². The third-order valence-electron chi connectivity index (χ3n) is 1.89. The molecule has 1 aromatic heterocycles. The molecule has 0 unspecified atom stereocenters. The number of thiophene rings is 1. The van der Waals surface area contributed by atoms with Crippen molar-refractivity contribution in [3.05, 3.63) is 31.1 Å². The molecule has 1 N–H and O–H groups in total. The first-order valence-corrected chi connectivity index (χ1v) is 6.44. The quantitative estimate of drug-likeness (QED) is 0.760. The van der Waals surface area contributed by atoms with Crippen LogP contribution in [0.3, 0.4) is 0 Å². The summed E-state index contributed by atoms with van der Waals surface area (Å²) in [5, 5.41) is 12.2. The zero-order valence-corrected chi connectivity index (χ0v) is 11.1. The maximum absolute atomic E-state index is 9.07. The van der Waals surface area contributed by atoms with Crippen LogP contribution in [-0.2, 0) is 6.61 Å². The summed E-state index contributed by atoms with van der Waals surface area (Å²) in [6.07, 6.45) is 0. The van der Waals surface area contributed by atoms with Crippen LogP contribution >= 0.6 is 49.9 Å². The fourth-order valence-electron chi connectivity index (χ4n) is 1.22. The first-order valence-electron chi connectivity index (χ1n) is 3.69. The van der Waals surface area contributed by atoms with Crippen LogP contribution in [0, 0.1) is 3.57 Å². The summed E-state index contributed by atoms with van der Waals surface area (Å²) in [6.45, 7) is 0.118. The molecule has 2 aromatic rings. The second-order valence-corrected chi connectivity index (χ2v) is 5.49. The predicted molar refractivity (Wildman–Crippen MR) is 68.2 cm³/mol. The molecule has 0 saturated heterocycles. The molecule has 0 spiro atoms. The molecular formula is C9H6BrIOS. The van der Waals surface area contributed by atoms with Crippen molar-refractivity contribution in [1.29, 1.82) is 0 Å². The third-order valence-corrected chi connectivity index (χ3v) is 5.67. The van der Waals surface area contributed by atoms with Gasteiger partial charge in [-0.25, -0.2) is 0 Å². The van der Waals surface area contributed by atoms with E-state index in [0.717, 1.165) is 15.4 Å². The van der Waals surface area contributed by atoms with E-state index in [1.54, 1.807) is 11.3 Å². The van der Waals surface area contributed by atoms with Gasteiger partial charge in [-0.3, -0.25) is 0 Å². The average Bonchev–Trinajstić information content (AvgIpc) is 2.55. The van der Waals surface area contributed by atoms with Crippen LogP contribution in [-0.4, -0.2) is 5.11 Å². The molecule has 1 nitrogen and oxygen atoms in total. The Hall–Kier alpha value is 0.350. The fourth-order valence-corrected chi connectivity index (χ4v) is 3.48. The van der Waals surface area contributed by atoms with E-state index in [2.05, 4.69) is 50.7 Å². The molecule has 0 saturated carbocycles. The second kappa shape index (κ2) is 3.84. The highest BCUT2D eigenvalue weighted by molar-refractivity contribution is 14.1. The summed E-state index contributed by atoms with van der Waals surface area (Å²) in [6, 6.07) is 4.11. The van der Waals surface area contributed by atoms with Crippen LogP contribution in [0.15, 0.2) is 22.0 Å². The minimum atomic E-state index is 0.118. The summed E-state index contributed by atoms with van der Waals surface area (Å²) in [4.78, 5) is 0. The van der Waals surface area contributed by atoms with Gasteiger partial charge in [0.2, 0.25) is 0 Å². The Morgan fingerprint density at radius 2 is 2.23 bits per heavy atom. The van der Waals surface area contributed by atoms with Crippen molar-refractivity contribution in [2.75, 3.05) is 0 Å². The molecule has 0 bridgehead atoms. The van der Waals surface area contributed by atoms with Gasteiger partial charge in [-0.15, -0.1) is 11.3 Å². The van der Waals surface area contributed by atoms with Crippen LogP contribution in [0.4, 0.5) is 0 Å². The minimum absolute atomic E-state index is 0.118. The molecule has 68 valence electrons. The molecule has 1 heterocycles. The summed E-state index contributed by atoms with van der Waals surface area (Å²) < 4.78 is 3.56. The van der Waals surface area contributed by atoms with Crippen LogP contribution in [0.1, 0.15) is 5.56 Å². The third kappa shape index (κ3) is 1.65. The highest BCUT2D eigenvalue weighted by atomic mass is 127. The van der Waals surface area contributed by atoms with Gasteiger partial charge in [-0.2, -0.15) is 0 Å². The largest absolute Gasteiger partial charge is 0.392 e. The van der Waals surface area contributed by atoms with Crippen molar-refractivity contribution < 1.29 is 5.11 Å². The summed E-state index contributed by atoms with van der Waals surface area (Å²) in [5.41, 5.74) is 1.01. The van der Waals surface area contributed by atoms with Gasteiger partial charge in [0.05, 0.1) is 6.61 Å². The van der Waals surface area contributed by atoms with Crippen molar-refractivity contribution in [2.24, 2.45) is 0 Å². The van der Waals surface area contributed by atoms with Gasteiger partial charge in [0.1, 0.15) is 0 Å². The molecular weight excluding hydrogens is 363 g/mol. The monoisotopic (exact) mass is 368 g/mol. The molecule has 0 amide bonds. The molecule has 13 heavy (non-hydrogen) atoms. The number of benzene rings is 1. The number of aliphatic hydroxyl groups is 1. The number of fused-ring (bicyclic) bond motifs is 1. The molecule has 4 heteroatoms. The van der Waals surface area contributed by atoms with Crippen molar-refractivity contribution in [3.8, 4) is 0 Å². The summed E-state index contributed by atoms with van der Waals surface area (Å²) in [5.74, 6) is 0. The Balaban J connectivity index is 2.81. The molecule has 1 aromatic carbocycles. The van der Waals surface area contributed by atoms with Gasteiger partial charge in [-0.1, -0.05) is 6.07 Å². The normalized spacial score (nSPS) is 11.0. The molecule has 0 aliphatic carbocycles. The van der Waals surface area contributed by atoms with Gasteiger partial charge in [-0.05, 0) is 60.9 Å². The van der Waals surface area contributed by atoms with E-state index in [9.17, 15) is 0 Å². The lowest BCUT2D eigenvalue weighted by atomic mass is 10.2. The van der Waals surface area contributed by atoms with Crippen LogP contribution in [0.2, 0.25) is 0 Å². The fraction of sp³-hybridized carbons (Fsp3) is 0.111. The number of hydrogen-bond acceptors (Lipinski definition) is 2. The first kappa shape index (κ1) is 9.89. The molecule has 0 radical (unpaired) electrons. The smallest absolute Gasteiger partial charge is 0.0696 e. The standard InChI is InChI=1S/C9H6BrIOS/c10-8-7(11)2-1-6-5(3-12)4-13-9(6)8/h1-2,4,12H,3H2. The van der Waals surface area contributed by atoms with E-state index >= 15 is 0 Å². The van der Waals surface area contributed by atoms with Gasteiger partial charge in [0.15, 0.2) is 0 Å². The number of rotatable bonds is 1. The van der Waals surface area contributed by atoms with Gasteiger partial charge in [0.25, 0.3) is 0 Å². The van der Waals surface area contributed by atoms with Gasteiger partial charge in [0, 0.05) is 12.7 Å². The van der Waals surface area contributed by atoms with Crippen LogP contribution in [0.25, 0.3) is 10.1 Å². The minimum Gasteiger partial charge on any atom is -0.392 e. The van der Waals surface area contributed by atoms with E-state index in [-0.39, 0.29) is 6.61 Å². The van der Waals surface area contributed by atoms with Gasteiger partial charge < -0.3 is 5.11 Å². The maximum Gasteiger partial charge on any atom is 0.0696 e. The first-order chi connectivity index (χ1) is 6.24. The highest BCUT2D eigenvalue weighted by Crippen LogP contribution is 2.35. The number of aliphatic hydroxyl groups excluding tert-OH is 1. The lowest BCUT2D eigenvalue weighted by molar-refractivity contribution is 0.284. The lowest BCUT2D eigenvalue weighted by Gasteiger charge is -1.98. The highest BCUT2D eigenvalue weighted by Gasteiger charge is 2.07. The predicted octanol–water partition coefficient (Wildman–Crippen LogP) is 3.76. The summed E-state index contributed by atoms with van der Waals surface area (Å²) >= 11 is 7.50. The Morgan fingerprint density at radius 1 is 1.46 bits per heavy atom. The Kier molecular flexibility index (Phi) is 2.92. The SMILES string of the molecule is OCc1csc2c(Br)c(I)ccc12. The summed E-state index contributed by atoms with van der Waals surface area (Å²) in [7, 11) is 0. The van der Waals surface area contributed by atoms with E-state index < -0.39 is 0 Å². The van der Waals surface area contributed by atoms with Crippen molar-refractivity contribution >= 4 is 59.9 Å². The Morgan fingerprint density at radius 3 is 2.92 bits per heavy atom. The van der Waals surface area contributed by atoms with E-state index in [1.807, 2.05) is 5.38 Å². The molecule has 0 fully saturated rings. The average molecular weight is 369 g/mol. The van der Waals surface area contributed by atoms with Crippen molar-refractivity contribution in [3.63, 3.8) is 0 Å². The van der Waals surface area contributed by atoms with Crippen molar-refractivity contribution in [2.45, 2.75) is 6.61 Å². The second-order valence-electron chi connectivity index (χ2n) is 2.66. The van der Waals surface area contributed by atoms with E-state index in [0.29, 0.717) is 0 Å².